The molecule has 0 unspecified atom stereocenters. The molecular formula is C7H10N2O. The molecule has 0 spiro atoms. The van der Waals surface area contributed by atoms with Crippen LogP contribution in [0.15, 0.2) is 18.3 Å². The van der Waals surface area contributed by atoms with Crippen molar-refractivity contribution in [1.82, 2.24) is 4.98 Å². The lowest BCUT2D eigenvalue weighted by Gasteiger charge is -2.36. The Morgan fingerprint density at radius 1 is 1.60 bits per heavy atom. The predicted molar refractivity (Wildman–Crippen MR) is 37.5 cm³/mol. The molecule has 3 heteroatoms. The van der Waals surface area contributed by atoms with E-state index in [0.29, 0.717) is 13.2 Å². The van der Waals surface area contributed by atoms with E-state index in [-0.39, 0.29) is 5.54 Å². The van der Waals surface area contributed by atoms with Gasteiger partial charge in [-0.3, -0.25) is 0 Å². The maximum absolute atomic E-state index is 5.91. The van der Waals surface area contributed by atoms with Crippen LogP contribution in [-0.2, 0) is 10.3 Å². The fourth-order valence-corrected chi connectivity index (χ4v) is 1.12. The van der Waals surface area contributed by atoms with Crippen molar-refractivity contribution in [3.8, 4) is 0 Å². The van der Waals surface area contributed by atoms with Crippen molar-refractivity contribution in [3.05, 3.63) is 24.0 Å². The van der Waals surface area contributed by atoms with Gasteiger partial charge in [0.05, 0.1) is 13.2 Å². The molecule has 0 atom stereocenters. The Hall–Kier alpha value is -0.800. The minimum absolute atomic E-state index is 0.233. The third-order valence-electron chi connectivity index (χ3n) is 1.85. The van der Waals surface area contributed by atoms with Gasteiger partial charge in [0.2, 0.25) is 0 Å². The first-order valence-electron chi connectivity index (χ1n) is 3.32. The Labute approximate surface area is 59.2 Å². The van der Waals surface area contributed by atoms with Gasteiger partial charge in [-0.2, -0.15) is 0 Å². The molecule has 2 rings (SSSR count). The van der Waals surface area contributed by atoms with E-state index < -0.39 is 0 Å². The van der Waals surface area contributed by atoms with Gasteiger partial charge in [0.25, 0.3) is 0 Å². The summed E-state index contributed by atoms with van der Waals surface area (Å²) in [6, 6.07) is 3.94. The number of rotatable bonds is 1. The summed E-state index contributed by atoms with van der Waals surface area (Å²) in [6.07, 6.45) is 1.88. The Bertz CT molecular complexity index is 214. The van der Waals surface area contributed by atoms with Crippen LogP contribution in [0.2, 0.25) is 0 Å². The minimum atomic E-state index is -0.233. The van der Waals surface area contributed by atoms with Gasteiger partial charge in [-0.15, -0.1) is 0 Å². The smallest absolute Gasteiger partial charge is 0.103 e. The molecule has 0 saturated carbocycles. The fraction of sp³-hybridized carbons (Fsp3) is 0.429. The molecule has 0 aromatic carbocycles. The maximum atomic E-state index is 5.91. The highest BCUT2D eigenvalue weighted by molar-refractivity contribution is 5.18. The molecule has 54 valence electrons. The molecule has 1 aromatic heterocycles. The van der Waals surface area contributed by atoms with Crippen LogP contribution >= 0.6 is 0 Å². The second kappa shape index (κ2) is 1.84. The van der Waals surface area contributed by atoms with Gasteiger partial charge < -0.3 is 15.5 Å². The Kier molecular flexibility index (Phi) is 1.09. The lowest BCUT2D eigenvalue weighted by molar-refractivity contribution is -0.0588. The van der Waals surface area contributed by atoms with E-state index in [1.165, 1.54) is 0 Å². The molecular weight excluding hydrogens is 128 g/mol. The van der Waals surface area contributed by atoms with Crippen molar-refractivity contribution < 1.29 is 4.74 Å². The molecule has 1 fully saturated rings. The quantitative estimate of drug-likeness (QED) is 0.582. The molecule has 0 radical (unpaired) electrons. The predicted octanol–water partition coefficient (Wildman–Crippen LogP) is 0.199. The van der Waals surface area contributed by atoms with Crippen LogP contribution in [0.3, 0.4) is 0 Å². The largest absolute Gasteiger partial charge is 0.377 e. The summed E-state index contributed by atoms with van der Waals surface area (Å²) in [6.45, 7) is 1.26. The van der Waals surface area contributed by atoms with Gasteiger partial charge in [0.15, 0.2) is 0 Å². The second-order valence-electron chi connectivity index (χ2n) is 2.73. The van der Waals surface area contributed by atoms with E-state index in [9.17, 15) is 0 Å². The van der Waals surface area contributed by atoms with E-state index in [4.69, 9.17) is 10.5 Å². The summed E-state index contributed by atoms with van der Waals surface area (Å²) >= 11 is 0. The summed E-state index contributed by atoms with van der Waals surface area (Å²) in [4.78, 5) is 3.07. The second-order valence-corrected chi connectivity index (χ2v) is 2.73. The highest BCUT2D eigenvalue weighted by atomic mass is 16.5. The molecule has 3 nitrogen and oxygen atoms in total. The number of nitrogens with two attached hydrogens (primary N) is 1. The van der Waals surface area contributed by atoms with E-state index in [2.05, 4.69) is 4.98 Å². The van der Waals surface area contributed by atoms with Crippen LogP contribution in [0.5, 0.6) is 0 Å². The minimum Gasteiger partial charge on any atom is -0.377 e. The molecule has 10 heavy (non-hydrogen) atoms. The first kappa shape index (κ1) is 5.95. The third kappa shape index (κ3) is 0.678. The zero-order chi connectivity index (χ0) is 7.03. The van der Waals surface area contributed by atoms with Crippen molar-refractivity contribution in [2.24, 2.45) is 5.73 Å². The first-order valence-corrected chi connectivity index (χ1v) is 3.32. The standard InChI is InChI=1S/C7H10N2O/c8-7(4-10-5-7)6-2-1-3-9-6/h1-3,9H,4-5,8H2. The molecule has 0 amide bonds. The third-order valence-corrected chi connectivity index (χ3v) is 1.85. The van der Waals surface area contributed by atoms with Crippen molar-refractivity contribution in [1.29, 1.82) is 0 Å². The summed E-state index contributed by atoms with van der Waals surface area (Å²) in [5.41, 5.74) is 6.75. The number of nitrogens with one attached hydrogen (secondary N) is 1. The number of aromatic amines is 1. The van der Waals surface area contributed by atoms with Gasteiger partial charge in [0.1, 0.15) is 5.54 Å². The van der Waals surface area contributed by atoms with E-state index in [1.807, 2.05) is 18.3 Å². The maximum Gasteiger partial charge on any atom is 0.103 e. The van der Waals surface area contributed by atoms with E-state index >= 15 is 0 Å². The first-order chi connectivity index (χ1) is 4.81. The lowest BCUT2D eigenvalue weighted by Crippen LogP contribution is -2.54. The Morgan fingerprint density at radius 3 is 2.80 bits per heavy atom. The average molecular weight is 138 g/mol. The van der Waals surface area contributed by atoms with Gasteiger partial charge in [-0.25, -0.2) is 0 Å². The Balaban J connectivity index is 2.27. The molecule has 3 N–H and O–H groups in total. The number of hydrogen-bond acceptors (Lipinski definition) is 2. The SMILES string of the molecule is NC1(c2ccc[nH]2)COC1. The molecule has 1 aliphatic heterocycles. The Morgan fingerprint density at radius 2 is 2.40 bits per heavy atom. The van der Waals surface area contributed by atoms with E-state index in [1.54, 1.807) is 0 Å². The van der Waals surface area contributed by atoms with Gasteiger partial charge >= 0.3 is 0 Å². The lowest BCUT2D eigenvalue weighted by atomic mass is 9.95. The highest BCUT2D eigenvalue weighted by Crippen LogP contribution is 2.24. The molecule has 2 heterocycles. The normalized spacial score (nSPS) is 22.1. The highest BCUT2D eigenvalue weighted by Gasteiger charge is 2.36. The van der Waals surface area contributed by atoms with Crippen LogP contribution in [0, 0.1) is 0 Å². The van der Waals surface area contributed by atoms with Crippen LogP contribution < -0.4 is 5.73 Å². The summed E-state index contributed by atoms with van der Waals surface area (Å²) in [5.74, 6) is 0. The number of H-pyrrole nitrogens is 1. The van der Waals surface area contributed by atoms with Gasteiger partial charge in [-0.1, -0.05) is 0 Å². The van der Waals surface area contributed by atoms with Gasteiger partial charge in [-0.05, 0) is 12.1 Å². The van der Waals surface area contributed by atoms with Crippen LogP contribution in [0.1, 0.15) is 5.69 Å². The van der Waals surface area contributed by atoms with Crippen molar-refractivity contribution >= 4 is 0 Å². The topological polar surface area (TPSA) is 51.0 Å². The van der Waals surface area contributed by atoms with Crippen molar-refractivity contribution in [2.45, 2.75) is 5.54 Å². The van der Waals surface area contributed by atoms with Gasteiger partial charge in [0, 0.05) is 11.9 Å². The molecule has 1 saturated heterocycles. The average Bonchev–Trinajstić information content (AvgIpc) is 2.33. The van der Waals surface area contributed by atoms with Crippen LogP contribution in [-0.4, -0.2) is 18.2 Å². The monoisotopic (exact) mass is 138 g/mol. The zero-order valence-corrected chi connectivity index (χ0v) is 5.63. The van der Waals surface area contributed by atoms with Crippen molar-refractivity contribution in [3.63, 3.8) is 0 Å². The van der Waals surface area contributed by atoms with Crippen molar-refractivity contribution in [2.75, 3.05) is 13.2 Å². The summed E-state index contributed by atoms with van der Waals surface area (Å²) in [5, 5.41) is 0. The molecule has 1 aliphatic rings. The zero-order valence-electron chi connectivity index (χ0n) is 5.63. The molecule has 1 aromatic rings. The van der Waals surface area contributed by atoms with E-state index in [0.717, 1.165) is 5.69 Å². The number of hydrogen-bond donors (Lipinski definition) is 2. The fourth-order valence-electron chi connectivity index (χ4n) is 1.12. The van der Waals surface area contributed by atoms with Crippen LogP contribution in [0.25, 0.3) is 0 Å². The van der Waals surface area contributed by atoms with Crippen LogP contribution in [0.4, 0.5) is 0 Å². The number of ether oxygens (including phenoxy) is 1. The summed E-state index contributed by atoms with van der Waals surface area (Å²) in [7, 11) is 0. The summed E-state index contributed by atoms with van der Waals surface area (Å²) < 4.78 is 5.02. The molecule has 0 aliphatic carbocycles. The molecule has 0 bridgehead atoms. The number of aromatic nitrogens is 1.